The molecule has 0 atom stereocenters. The van der Waals surface area contributed by atoms with E-state index >= 15 is 0 Å². The number of hydrogen-bond donors (Lipinski definition) is 3. The highest BCUT2D eigenvalue weighted by Crippen LogP contribution is 2.25. The summed E-state index contributed by atoms with van der Waals surface area (Å²) in [5.74, 6) is 1.45. The van der Waals surface area contributed by atoms with E-state index in [9.17, 15) is 0 Å². The summed E-state index contributed by atoms with van der Waals surface area (Å²) in [6.45, 7) is 7.67. The Morgan fingerprint density at radius 2 is 1.88 bits per heavy atom. The van der Waals surface area contributed by atoms with E-state index in [-0.39, 0.29) is 0 Å². The van der Waals surface area contributed by atoms with Crippen LogP contribution in [0.4, 0.5) is 11.5 Å². The van der Waals surface area contributed by atoms with Crippen LogP contribution in [0.15, 0.2) is 30.3 Å². The molecule has 7 heteroatoms. The smallest absolute Gasteiger partial charge is 0.170 e. The molecule has 0 amide bonds. The molecule has 0 aliphatic rings. The van der Waals surface area contributed by atoms with Crippen molar-refractivity contribution in [2.75, 3.05) is 17.6 Å². The van der Waals surface area contributed by atoms with E-state index in [0.717, 1.165) is 53.3 Å². The van der Waals surface area contributed by atoms with Crippen molar-refractivity contribution in [1.82, 2.24) is 19.9 Å². The molecule has 0 saturated carbocycles. The van der Waals surface area contributed by atoms with Crippen LogP contribution in [0.2, 0.25) is 0 Å². The van der Waals surface area contributed by atoms with Gasteiger partial charge < -0.3 is 20.9 Å². The number of pyridine rings is 1. The van der Waals surface area contributed by atoms with Crippen molar-refractivity contribution in [3.63, 3.8) is 0 Å². The number of aryl methyl sites for hydroxylation is 4. The van der Waals surface area contributed by atoms with Crippen LogP contribution in [-0.4, -0.2) is 26.2 Å². The van der Waals surface area contributed by atoms with Crippen LogP contribution in [0.5, 0.6) is 0 Å². The Bertz CT molecular complexity index is 932. The zero-order valence-electron chi connectivity index (χ0n) is 15.3. The summed E-state index contributed by atoms with van der Waals surface area (Å²) >= 11 is 5.34. The van der Waals surface area contributed by atoms with Gasteiger partial charge in [-0.1, -0.05) is 18.2 Å². The van der Waals surface area contributed by atoms with Gasteiger partial charge in [-0.25, -0.2) is 9.97 Å². The molecule has 0 aliphatic carbocycles. The molecular weight excluding hydrogens is 344 g/mol. The second kappa shape index (κ2) is 7.70. The Morgan fingerprint density at radius 1 is 1.15 bits per heavy atom. The molecule has 0 saturated heterocycles. The fourth-order valence-corrected chi connectivity index (χ4v) is 3.24. The first-order chi connectivity index (χ1) is 12.5. The number of thiocarbonyl (C=S) groups is 1. The van der Waals surface area contributed by atoms with E-state index in [2.05, 4.69) is 32.1 Å². The first-order valence-electron chi connectivity index (χ1n) is 8.66. The molecule has 4 N–H and O–H groups in total. The highest BCUT2D eigenvalue weighted by atomic mass is 32.1. The molecule has 6 nitrogen and oxygen atoms in total. The van der Waals surface area contributed by atoms with E-state index in [1.807, 2.05) is 44.2 Å². The first kappa shape index (κ1) is 18.1. The molecule has 2 heterocycles. The summed E-state index contributed by atoms with van der Waals surface area (Å²) in [7, 11) is 0. The average Bonchev–Trinajstić information content (AvgIpc) is 2.95. The lowest BCUT2D eigenvalue weighted by atomic mass is 10.2. The molecule has 0 spiro atoms. The Kier molecular flexibility index (Phi) is 5.37. The third-order valence-electron chi connectivity index (χ3n) is 4.46. The van der Waals surface area contributed by atoms with Gasteiger partial charge in [0.15, 0.2) is 10.9 Å². The molecule has 1 aromatic carbocycles. The van der Waals surface area contributed by atoms with Crippen LogP contribution >= 0.6 is 12.2 Å². The maximum Gasteiger partial charge on any atom is 0.170 e. The maximum atomic E-state index is 6.05. The number of aromatic nitrogens is 3. The minimum absolute atomic E-state index is 0.497. The molecule has 26 heavy (non-hydrogen) atoms. The molecule has 136 valence electrons. The molecule has 0 radical (unpaired) electrons. The van der Waals surface area contributed by atoms with Gasteiger partial charge in [-0.2, -0.15) is 0 Å². The molecular formula is C19H24N6S. The van der Waals surface area contributed by atoms with E-state index in [1.54, 1.807) is 0 Å². The number of rotatable bonds is 5. The van der Waals surface area contributed by atoms with Crippen molar-refractivity contribution in [3.05, 3.63) is 47.4 Å². The van der Waals surface area contributed by atoms with E-state index < -0.39 is 0 Å². The number of anilines is 2. The number of nitrogens with zero attached hydrogens (tertiary/aromatic N) is 3. The third kappa shape index (κ3) is 3.77. The molecule has 3 aromatic rings. The van der Waals surface area contributed by atoms with Crippen LogP contribution in [0.3, 0.4) is 0 Å². The zero-order valence-corrected chi connectivity index (χ0v) is 16.2. The van der Waals surface area contributed by atoms with Gasteiger partial charge in [0.25, 0.3) is 0 Å². The topological polar surface area (TPSA) is 80.8 Å². The molecule has 3 rings (SSSR count). The fourth-order valence-electron chi connectivity index (χ4n) is 3.02. The van der Waals surface area contributed by atoms with Crippen LogP contribution in [0.25, 0.3) is 11.0 Å². The Labute approximate surface area is 158 Å². The summed E-state index contributed by atoms with van der Waals surface area (Å²) in [4.78, 5) is 8.98. The highest BCUT2D eigenvalue weighted by molar-refractivity contribution is 7.80. The number of nitrogens with two attached hydrogens (primary N) is 1. The summed E-state index contributed by atoms with van der Waals surface area (Å²) in [6, 6.07) is 9.90. The average molecular weight is 369 g/mol. The zero-order chi connectivity index (χ0) is 18.7. The molecule has 0 fully saturated rings. The predicted molar refractivity (Wildman–Crippen MR) is 111 cm³/mol. The molecule has 0 aliphatic heterocycles. The quantitative estimate of drug-likeness (QED) is 0.473. The van der Waals surface area contributed by atoms with Crippen molar-refractivity contribution in [2.45, 2.75) is 33.7 Å². The Hall–Kier alpha value is -2.67. The van der Waals surface area contributed by atoms with Gasteiger partial charge >= 0.3 is 0 Å². The van der Waals surface area contributed by atoms with E-state index in [1.165, 1.54) is 0 Å². The normalized spacial score (nSPS) is 10.9. The van der Waals surface area contributed by atoms with Crippen molar-refractivity contribution in [3.8, 4) is 0 Å². The monoisotopic (exact) mass is 368 g/mol. The van der Waals surface area contributed by atoms with Crippen molar-refractivity contribution < 1.29 is 0 Å². The summed E-state index contributed by atoms with van der Waals surface area (Å²) in [5.41, 5.74) is 11.0. The number of imidazole rings is 1. The van der Waals surface area contributed by atoms with Crippen LogP contribution < -0.4 is 16.4 Å². The standard InChI is InChI=1S/C19H24N6S/c1-12-13(2)22-18(20)16-17(12)25(14(3)23-16)11-7-10-21-19(26)24-15-8-5-4-6-9-15/h4-6,8-9H,7,10-11H2,1-3H3,(H2,20,22)(H2,21,24,26). The van der Waals surface area contributed by atoms with Crippen molar-refractivity contribution >= 4 is 39.9 Å². The van der Waals surface area contributed by atoms with Crippen molar-refractivity contribution in [2.24, 2.45) is 0 Å². The van der Waals surface area contributed by atoms with Crippen LogP contribution in [0, 0.1) is 20.8 Å². The summed E-state index contributed by atoms with van der Waals surface area (Å²) in [5, 5.41) is 7.05. The third-order valence-corrected chi connectivity index (χ3v) is 4.71. The first-order valence-corrected chi connectivity index (χ1v) is 9.07. The molecule has 0 unspecified atom stereocenters. The van der Waals surface area contributed by atoms with Gasteiger partial charge in [-0.15, -0.1) is 0 Å². The minimum Gasteiger partial charge on any atom is -0.382 e. The van der Waals surface area contributed by atoms with Gasteiger partial charge in [-0.3, -0.25) is 0 Å². The minimum atomic E-state index is 0.497. The van der Waals surface area contributed by atoms with Gasteiger partial charge in [0.05, 0.1) is 5.52 Å². The largest absolute Gasteiger partial charge is 0.382 e. The van der Waals surface area contributed by atoms with E-state index in [0.29, 0.717) is 10.9 Å². The molecule has 0 bridgehead atoms. The van der Waals surface area contributed by atoms with Gasteiger partial charge in [-0.05, 0) is 57.1 Å². The van der Waals surface area contributed by atoms with Gasteiger partial charge in [0.2, 0.25) is 0 Å². The summed E-state index contributed by atoms with van der Waals surface area (Å²) < 4.78 is 2.21. The fraction of sp³-hybridized carbons (Fsp3) is 0.316. The summed E-state index contributed by atoms with van der Waals surface area (Å²) in [6.07, 6.45) is 0.920. The maximum absolute atomic E-state index is 6.05. The lowest BCUT2D eigenvalue weighted by Crippen LogP contribution is -2.29. The number of nitrogen functional groups attached to an aromatic ring is 1. The van der Waals surface area contributed by atoms with Gasteiger partial charge in [0, 0.05) is 24.5 Å². The lowest BCUT2D eigenvalue weighted by Gasteiger charge is -2.12. The Balaban J connectivity index is 1.62. The predicted octanol–water partition coefficient (Wildman–Crippen LogP) is 3.32. The van der Waals surface area contributed by atoms with Crippen LogP contribution in [0.1, 0.15) is 23.5 Å². The lowest BCUT2D eigenvalue weighted by molar-refractivity contribution is 0.630. The number of para-hydroxylation sites is 1. The second-order valence-electron chi connectivity index (χ2n) is 6.32. The number of benzene rings is 1. The second-order valence-corrected chi connectivity index (χ2v) is 6.72. The SMILES string of the molecule is Cc1nc(N)c2nc(C)n(CCCNC(=S)Nc3ccccc3)c2c1C. The number of nitrogens with one attached hydrogen (secondary N) is 2. The highest BCUT2D eigenvalue weighted by Gasteiger charge is 2.15. The number of fused-ring (bicyclic) bond motifs is 1. The molecule has 2 aromatic heterocycles. The van der Waals surface area contributed by atoms with Crippen molar-refractivity contribution in [1.29, 1.82) is 0 Å². The van der Waals surface area contributed by atoms with Gasteiger partial charge in [0.1, 0.15) is 11.3 Å². The Morgan fingerprint density at radius 3 is 2.62 bits per heavy atom. The van der Waals surface area contributed by atoms with Crippen LogP contribution in [-0.2, 0) is 6.54 Å². The van der Waals surface area contributed by atoms with E-state index in [4.69, 9.17) is 18.0 Å². The number of hydrogen-bond acceptors (Lipinski definition) is 4.